The van der Waals surface area contributed by atoms with Crippen LogP contribution in [0.2, 0.25) is 0 Å². The number of unbranched alkanes of at least 4 members (excludes halogenated alkanes) is 16. The van der Waals surface area contributed by atoms with Crippen molar-refractivity contribution in [2.45, 2.75) is 253 Å². The van der Waals surface area contributed by atoms with Crippen LogP contribution in [-0.2, 0) is 33.2 Å². The monoisotopic (exact) mass is 1010 g/mol. The summed E-state index contributed by atoms with van der Waals surface area (Å²) in [6, 6.07) is -0.990. The quantitative estimate of drug-likeness (QED) is 0.0316. The van der Waals surface area contributed by atoms with Crippen LogP contribution >= 0.6 is 0 Å². The Morgan fingerprint density at radius 2 is 0.914 bits per heavy atom. The molecule has 0 bridgehead atoms. The molecule has 19 heteroatoms. The van der Waals surface area contributed by atoms with Crippen molar-refractivity contribution >= 4 is 5.91 Å². The van der Waals surface area contributed by atoms with Crippen molar-refractivity contribution < 1.29 is 89.4 Å². The molecule has 3 fully saturated rings. The summed E-state index contributed by atoms with van der Waals surface area (Å²) in [5, 5.41) is 119. The molecule has 408 valence electrons. The van der Waals surface area contributed by atoms with E-state index in [1.165, 1.54) is 64.2 Å². The Bertz CT molecular complexity index is 1440. The molecule has 17 unspecified atom stereocenters. The van der Waals surface area contributed by atoms with Crippen LogP contribution in [0.4, 0.5) is 0 Å². The predicted octanol–water partition coefficient (Wildman–Crippen LogP) is 2.20. The SMILES string of the molecule is CCC/C=C/CC/C=C/CC/C=C/C(O)C(COC1OC(CO)C(OC2OC(CO)C(OC3OC(CO)C(O)C(O)C3O)C(O)C2O)C(O)C1O)NC(=O)CCCCCCCCCCCCCCCC. The van der Waals surface area contributed by atoms with Crippen molar-refractivity contribution in [1.29, 1.82) is 0 Å². The van der Waals surface area contributed by atoms with E-state index in [1.807, 2.05) is 6.08 Å². The zero-order valence-electron chi connectivity index (χ0n) is 41.7. The average molecular weight is 1010 g/mol. The van der Waals surface area contributed by atoms with Crippen molar-refractivity contribution in [3.05, 3.63) is 36.5 Å². The topological polar surface area (TPSA) is 307 Å². The number of hydrogen-bond donors (Lipinski definition) is 12. The van der Waals surface area contributed by atoms with Gasteiger partial charge >= 0.3 is 0 Å². The minimum absolute atomic E-state index is 0.234. The van der Waals surface area contributed by atoms with Gasteiger partial charge in [0, 0.05) is 6.42 Å². The van der Waals surface area contributed by atoms with Gasteiger partial charge in [-0.25, -0.2) is 0 Å². The summed E-state index contributed by atoms with van der Waals surface area (Å²) in [6.07, 6.45) is 7.29. The van der Waals surface area contributed by atoms with Gasteiger partial charge in [-0.3, -0.25) is 4.79 Å². The van der Waals surface area contributed by atoms with E-state index < -0.39 is 124 Å². The number of allylic oxidation sites excluding steroid dienone is 5. The minimum Gasteiger partial charge on any atom is -0.394 e. The maximum Gasteiger partial charge on any atom is 0.220 e. The zero-order chi connectivity index (χ0) is 51.3. The number of ether oxygens (including phenoxy) is 6. The highest BCUT2D eigenvalue weighted by Crippen LogP contribution is 2.33. The predicted molar refractivity (Wildman–Crippen MR) is 259 cm³/mol. The Balaban J connectivity index is 1.56. The van der Waals surface area contributed by atoms with Gasteiger partial charge in [-0.1, -0.05) is 140 Å². The summed E-state index contributed by atoms with van der Waals surface area (Å²) >= 11 is 0. The summed E-state index contributed by atoms with van der Waals surface area (Å²) in [5.41, 5.74) is 0. The molecule has 0 saturated carbocycles. The highest BCUT2D eigenvalue weighted by atomic mass is 16.8. The van der Waals surface area contributed by atoms with Crippen molar-refractivity contribution in [2.24, 2.45) is 0 Å². The first kappa shape index (κ1) is 62.3. The smallest absolute Gasteiger partial charge is 0.220 e. The number of carbonyl (C=O) groups excluding carboxylic acids is 1. The fourth-order valence-electron chi connectivity index (χ4n) is 8.76. The number of nitrogens with one attached hydrogen (secondary N) is 1. The summed E-state index contributed by atoms with van der Waals surface area (Å²) in [4.78, 5) is 13.2. The third kappa shape index (κ3) is 21.5. The molecule has 3 aliphatic rings. The molecular formula is C51H91NO18. The summed E-state index contributed by atoms with van der Waals surface area (Å²) in [6.45, 7) is 1.58. The third-order valence-electron chi connectivity index (χ3n) is 13.2. The molecule has 0 aromatic heterocycles. The molecule has 3 aliphatic heterocycles. The second-order valence-electron chi connectivity index (χ2n) is 19.0. The van der Waals surface area contributed by atoms with Gasteiger partial charge in [0.2, 0.25) is 5.91 Å². The lowest BCUT2D eigenvalue weighted by molar-refractivity contribution is -0.379. The number of rotatable bonds is 36. The summed E-state index contributed by atoms with van der Waals surface area (Å²) in [5.74, 6) is -0.294. The lowest BCUT2D eigenvalue weighted by Crippen LogP contribution is -2.66. The second kappa shape index (κ2) is 36.0. The molecule has 3 rings (SSSR count). The van der Waals surface area contributed by atoms with E-state index in [-0.39, 0.29) is 18.9 Å². The van der Waals surface area contributed by atoms with E-state index in [2.05, 4.69) is 43.5 Å². The highest BCUT2D eigenvalue weighted by molar-refractivity contribution is 5.76. The first-order valence-corrected chi connectivity index (χ1v) is 26.2. The number of carbonyl (C=O) groups is 1. The second-order valence-corrected chi connectivity index (χ2v) is 19.0. The Morgan fingerprint density at radius 1 is 0.500 bits per heavy atom. The van der Waals surface area contributed by atoms with Gasteiger partial charge in [-0.2, -0.15) is 0 Å². The molecule has 0 spiro atoms. The van der Waals surface area contributed by atoms with Crippen LogP contribution in [-0.4, -0.2) is 193 Å². The normalized spacial score (nSPS) is 32.8. The molecule has 0 radical (unpaired) electrons. The molecule has 1 amide bonds. The maximum atomic E-state index is 13.2. The van der Waals surface area contributed by atoms with Crippen LogP contribution in [0.5, 0.6) is 0 Å². The van der Waals surface area contributed by atoms with Crippen molar-refractivity contribution in [1.82, 2.24) is 5.32 Å². The molecule has 70 heavy (non-hydrogen) atoms. The Labute approximate surface area is 415 Å². The Hall–Kier alpha value is -1.99. The fourth-order valence-corrected chi connectivity index (χ4v) is 8.76. The number of hydrogen-bond acceptors (Lipinski definition) is 18. The Kier molecular flexibility index (Phi) is 32.1. The van der Waals surface area contributed by atoms with Crippen LogP contribution in [0.3, 0.4) is 0 Å². The molecule has 19 nitrogen and oxygen atoms in total. The largest absolute Gasteiger partial charge is 0.394 e. The average Bonchev–Trinajstić information content (AvgIpc) is 3.35. The van der Waals surface area contributed by atoms with Gasteiger partial charge < -0.3 is 89.9 Å². The summed E-state index contributed by atoms with van der Waals surface area (Å²) in [7, 11) is 0. The number of aliphatic hydroxyl groups is 11. The third-order valence-corrected chi connectivity index (χ3v) is 13.2. The van der Waals surface area contributed by atoms with E-state index in [4.69, 9.17) is 28.4 Å². The standard InChI is InChI=1S/C51H91NO18/c1-3-5-7-9-11-13-15-16-17-19-21-23-25-27-29-39(57)52-34(35(56)28-26-24-22-20-18-14-12-10-8-6-4-2)33-65-49-45(63)42(60)47(37(31-54)67-49)70-51-46(64)43(61)48(38(32-55)68-51)69-50-44(62)41(59)40(58)36(30-53)66-50/h8,10,18,20,26,28,34-38,40-51,53-56,58-64H,3-7,9,11-17,19,21-25,27,29-33H2,1-2H3,(H,52,57)/b10-8+,20-18+,28-26+. The molecular weight excluding hydrogens is 915 g/mol. The maximum absolute atomic E-state index is 13.2. The zero-order valence-corrected chi connectivity index (χ0v) is 41.7. The van der Waals surface area contributed by atoms with Crippen LogP contribution in [0.25, 0.3) is 0 Å². The molecule has 0 aliphatic carbocycles. The van der Waals surface area contributed by atoms with Crippen LogP contribution in [0.15, 0.2) is 36.5 Å². The van der Waals surface area contributed by atoms with Gasteiger partial charge in [0.15, 0.2) is 18.9 Å². The van der Waals surface area contributed by atoms with Crippen molar-refractivity contribution in [3.8, 4) is 0 Å². The van der Waals surface area contributed by atoms with E-state index in [9.17, 15) is 61.0 Å². The molecule has 0 aromatic rings. The van der Waals surface area contributed by atoms with Gasteiger partial charge in [0.25, 0.3) is 0 Å². The van der Waals surface area contributed by atoms with Gasteiger partial charge in [0.1, 0.15) is 73.2 Å². The number of amides is 1. The summed E-state index contributed by atoms with van der Waals surface area (Å²) < 4.78 is 34.1. The molecule has 3 heterocycles. The van der Waals surface area contributed by atoms with Gasteiger partial charge in [0.05, 0.1) is 38.6 Å². The van der Waals surface area contributed by atoms with E-state index >= 15 is 0 Å². The fraction of sp³-hybridized carbons (Fsp3) is 0.863. The Morgan fingerprint density at radius 3 is 1.40 bits per heavy atom. The molecule has 17 atom stereocenters. The van der Waals surface area contributed by atoms with E-state index in [0.29, 0.717) is 12.8 Å². The lowest BCUT2D eigenvalue weighted by Gasteiger charge is -2.48. The minimum atomic E-state index is -1.98. The molecule has 3 saturated heterocycles. The molecule has 0 aromatic carbocycles. The van der Waals surface area contributed by atoms with E-state index in [1.54, 1.807) is 6.08 Å². The number of aliphatic hydroxyl groups excluding tert-OH is 11. The van der Waals surface area contributed by atoms with Crippen LogP contribution < -0.4 is 5.32 Å². The van der Waals surface area contributed by atoms with Crippen LogP contribution in [0, 0.1) is 0 Å². The highest BCUT2D eigenvalue weighted by Gasteiger charge is 2.53. The van der Waals surface area contributed by atoms with Gasteiger partial charge in [-0.05, 0) is 38.5 Å². The molecule has 12 N–H and O–H groups in total. The first-order chi connectivity index (χ1) is 33.8. The first-order valence-electron chi connectivity index (χ1n) is 26.2. The van der Waals surface area contributed by atoms with E-state index in [0.717, 1.165) is 51.4 Å². The lowest BCUT2D eigenvalue weighted by atomic mass is 9.96. The van der Waals surface area contributed by atoms with Crippen LogP contribution in [0.1, 0.15) is 149 Å². The van der Waals surface area contributed by atoms with Crippen molar-refractivity contribution in [3.63, 3.8) is 0 Å². The van der Waals surface area contributed by atoms with Crippen molar-refractivity contribution in [2.75, 3.05) is 26.4 Å². The van der Waals surface area contributed by atoms with Gasteiger partial charge in [-0.15, -0.1) is 0 Å².